The number of hydrogen-bond donors (Lipinski definition) is 3. The predicted molar refractivity (Wildman–Crippen MR) is 107 cm³/mol. The standard InChI is InChI=1S/C17H29N3O2S.C2HF3O2/c1-11(18)16-20-14(12(2)23-16)15(21)19-10-17(3,4)9-13-5-7-22-8-6-13;3-2(4,5)1(6)7/h11,13H,5-10,18H2,1-4H3,(H,19,21);(H,6,7). The molecular formula is C19H30F3N3O4S. The lowest BCUT2D eigenvalue weighted by molar-refractivity contribution is -0.192. The van der Waals surface area contributed by atoms with E-state index in [9.17, 15) is 18.0 Å². The van der Waals surface area contributed by atoms with Crippen molar-refractivity contribution >= 4 is 23.2 Å². The second-order valence-corrected chi connectivity index (χ2v) is 9.39. The van der Waals surface area contributed by atoms with E-state index in [2.05, 4.69) is 24.1 Å². The molecule has 0 bridgehead atoms. The smallest absolute Gasteiger partial charge is 0.475 e. The molecule has 0 aromatic carbocycles. The number of alkyl halides is 3. The maximum Gasteiger partial charge on any atom is 0.490 e. The monoisotopic (exact) mass is 453 g/mol. The first-order chi connectivity index (χ1) is 13.7. The number of amides is 1. The van der Waals surface area contributed by atoms with E-state index in [1.165, 1.54) is 11.3 Å². The van der Waals surface area contributed by atoms with Crippen molar-refractivity contribution < 1.29 is 32.6 Å². The van der Waals surface area contributed by atoms with Gasteiger partial charge in [-0.25, -0.2) is 9.78 Å². The Balaban J connectivity index is 0.000000553. The van der Waals surface area contributed by atoms with E-state index in [1.807, 2.05) is 13.8 Å². The van der Waals surface area contributed by atoms with Crippen LogP contribution in [0.1, 0.15) is 66.4 Å². The molecule has 1 aromatic heterocycles. The first kappa shape index (κ1) is 26.3. The van der Waals surface area contributed by atoms with Gasteiger partial charge in [0.2, 0.25) is 0 Å². The number of carboxylic acid groups (broad SMARTS) is 1. The molecule has 1 aliphatic heterocycles. The van der Waals surface area contributed by atoms with Crippen molar-refractivity contribution in [2.24, 2.45) is 17.1 Å². The van der Waals surface area contributed by atoms with Crippen LogP contribution in [0.2, 0.25) is 0 Å². The van der Waals surface area contributed by atoms with E-state index in [0.29, 0.717) is 18.2 Å². The number of halogens is 3. The molecule has 4 N–H and O–H groups in total. The third-order valence-electron chi connectivity index (χ3n) is 4.57. The van der Waals surface area contributed by atoms with Crippen LogP contribution in [0.5, 0.6) is 0 Å². The molecule has 0 radical (unpaired) electrons. The van der Waals surface area contributed by atoms with Crippen molar-refractivity contribution in [2.75, 3.05) is 19.8 Å². The number of rotatable bonds is 6. The zero-order chi connectivity index (χ0) is 23.1. The van der Waals surface area contributed by atoms with Gasteiger partial charge in [0.05, 0.1) is 6.04 Å². The van der Waals surface area contributed by atoms with Crippen molar-refractivity contribution in [3.05, 3.63) is 15.6 Å². The molecule has 1 aliphatic rings. The number of aryl methyl sites for hydroxylation is 1. The summed E-state index contributed by atoms with van der Waals surface area (Å²) in [4.78, 5) is 26.6. The fourth-order valence-electron chi connectivity index (χ4n) is 3.03. The number of carboxylic acids is 1. The number of nitrogens with two attached hydrogens (primary N) is 1. The number of aliphatic carboxylic acids is 1. The molecule has 0 saturated carbocycles. The van der Waals surface area contributed by atoms with Gasteiger partial charge in [-0.3, -0.25) is 4.79 Å². The summed E-state index contributed by atoms with van der Waals surface area (Å²) in [7, 11) is 0. The number of aromatic nitrogens is 1. The van der Waals surface area contributed by atoms with Gasteiger partial charge in [0.1, 0.15) is 10.7 Å². The molecule has 7 nitrogen and oxygen atoms in total. The maximum absolute atomic E-state index is 12.4. The first-order valence-corrected chi connectivity index (χ1v) is 10.4. The van der Waals surface area contributed by atoms with Crippen LogP contribution in [-0.4, -0.2) is 47.9 Å². The Morgan fingerprint density at radius 2 is 1.87 bits per heavy atom. The van der Waals surface area contributed by atoms with Gasteiger partial charge >= 0.3 is 12.1 Å². The van der Waals surface area contributed by atoms with Crippen LogP contribution in [0.15, 0.2) is 0 Å². The van der Waals surface area contributed by atoms with Crippen LogP contribution in [0, 0.1) is 18.3 Å². The Hall–Kier alpha value is -1.72. The minimum atomic E-state index is -5.08. The molecule has 1 unspecified atom stereocenters. The lowest BCUT2D eigenvalue weighted by atomic mass is 9.79. The number of nitrogens with one attached hydrogen (secondary N) is 1. The summed E-state index contributed by atoms with van der Waals surface area (Å²) in [6, 6.07) is -0.134. The van der Waals surface area contributed by atoms with Gasteiger partial charge in [-0.1, -0.05) is 13.8 Å². The Kier molecular flexibility index (Phi) is 9.70. The average molecular weight is 454 g/mol. The molecule has 0 aliphatic carbocycles. The largest absolute Gasteiger partial charge is 0.490 e. The van der Waals surface area contributed by atoms with Crippen molar-refractivity contribution in [2.45, 2.75) is 59.2 Å². The molecule has 30 heavy (non-hydrogen) atoms. The van der Waals surface area contributed by atoms with Crippen LogP contribution in [-0.2, 0) is 9.53 Å². The lowest BCUT2D eigenvalue weighted by Gasteiger charge is -2.32. The number of carbonyl (C=O) groups excluding carboxylic acids is 1. The second kappa shape index (κ2) is 11.1. The summed E-state index contributed by atoms with van der Waals surface area (Å²) >= 11 is 1.50. The number of thiazole rings is 1. The molecule has 2 heterocycles. The van der Waals surface area contributed by atoms with Crippen LogP contribution >= 0.6 is 11.3 Å². The fourth-order valence-corrected chi connectivity index (χ4v) is 3.90. The van der Waals surface area contributed by atoms with Crippen molar-refractivity contribution in [3.63, 3.8) is 0 Å². The summed E-state index contributed by atoms with van der Waals surface area (Å²) in [5, 5.41) is 11.0. The Morgan fingerprint density at radius 1 is 1.33 bits per heavy atom. The summed E-state index contributed by atoms with van der Waals surface area (Å²) in [5.41, 5.74) is 6.44. The third-order valence-corrected chi connectivity index (χ3v) is 5.74. The average Bonchev–Trinajstić information content (AvgIpc) is 3.02. The molecule has 2 rings (SSSR count). The van der Waals surface area contributed by atoms with Crippen molar-refractivity contribution in [1.29, 1.82) is 0 Å². The lowest BCUT2D eigenvalue weighted by Crippen LogP contribution is -2.36. The predicted octanol–water partition coefficient (Wildman–Crippen LogP) is 3.68. The zero-order valence-electron chi connectivity index (χ0n) is 17.6. The number of hydrogen-bond acceptors (Lipinski definition) is 6. The molecule has 0 spiro atoms. The highest BCUT2D eigenvalue weighted by Gasteiger charge is 2.38. The normalized spacial score (nSPS) is 16.4. The number of nitrogens with zero attached hydrogens (tertiary/aromatic N) is 1. The Morgan fingerprint density at radius 3 is 2.30 bits per heavy atom. The maximum atomic E-state index is 12.4. The van der Waals surface area contributed by atoms with Gasteiger partial charge in [0.15, 0.2) is 0 Å². The van der Waals surface area contributed by atoms with E-state index in [1.54, 1.807) is 0 Å². The molecular weight excluding hydrogens is 423 g/mol. The van der Waals surface area contributed by atoms with E-state index in [0.717, 1.165) is 42.4 Å². The zero-order valence-corrected chi connectivity index (χ0v) is 18.5. The number of ether oxygens (including phenoxy) is 1. The van der Waals surface area contributed by atoms with Gasteiger partial charge in [-0.15, -0.1) is 11.3 Å². The fraction of sp³-hybridized carbons (Fsp3) is 0.737. The highest BCUT2D eigenvalue weighted by atomic mass is 32.1. The van der Waals surface area contributed by atoms with Crippen LogP contribution in [0.3, 0.4) is 0 Å². The van der Waals surface area contributed by atoms with E-state index in [4.69, 9.17) is 20.4 Å². The molecule has 1 fully saturated rings. The quantitative estimate of drug-likeness (QED) is 0.605. The SMILES string of the molecule is Cc1sc(C(C)N)nc1C(=O)NCC(C)(C)CC1CCOCC1.O=C(O)C(F)(F)F. The van der Waals surface area contributed by atoms with Gasteiger partial charge < -0.3 is 20.9 Å². The minimum absolute atomic E-state index is 0.0750. The van der Waals surface area contributed by atoms with E-state index >= 15 is 0 Å². The molecule has 1 amide bonds. The van der Waals surface area contributed by atoms with Crippen LogP contribution in [0.4, 0.5) is 13.2 Å². The summed E-state index contributed by atoms with van der Waals surface area (Å²) in [6.07, 6.45) is -1.72. The highest BCUT2D eigenvalue weighted by molar-refractivity contribution is 7.11. The van der Waals surface area contributed by atoms with Gasteiger partial charge in [0.25, 0.3) is 5.91 Å². The van der Waals surface area contributed by atoms with Crippen LogP contribution in [0.25, 0.3) is 0 Å². The summed E-state index contributed by atoms with van der Waals surface area (Å²) in [5.74, 6) is -2.15. The van der Waals surface area contributed by atoms with Crippen LogP contribution < -0.4 is 11.1 Å². The molecule has 1 aromatic rings. The van der Waals surface area contributed by atoms with E-state index < -0.39 is 12.1 Å². The topological polar surface area (TPSA) is 115 Å². The third kappa shape index (κ3) is 8.97. The first-order valence-electron chi connectivity index (χ1n) is 9.62. The van der Waals surface area contributed by atoms with Crippen molar-refractivity contribution in [3.8, 4) is 0 Å². The summed E-state index contributed by atoms with van der Waals surface area (Å²) < 4.78 is 37.2. The van der Waals surface area contributed by atoms with Gasteiger partial charge in [-0.05, 0) is 44.4 Å². The summed E-state index contributed by atoms with van der Waals surface area (Å²) in [6.45, 7) is 10.6. The Bertz CT molecular complexity index is 714. The molecule has 172 valence electrons. The second-order valence-electron chi connectivity index (χ2n) is 8.16. The molecule has 1 atom stereocenters. The molecule has 1 saturated heterocycles. The molecule has 11 heteroatoms. The van der Waals surface area contributed by atoms with Gasteiger partial charge in [-0.2, -0.15) is 13.2 Å². The van der Waals surface area contributed by atoms with E-state index in [-0.39, 0.29) is 17.4 Å². The highest BCUT2D eigenvalue weighted by Crippen LogP contribution is 2.30. The van der Waals surface area contributed by atoms with Crippen molar-refractivity contribution in [1.82, 2.24) is 10.3 Å². The number of carbonyl (C=O) groups is 2. The Labute approximate surface area is 178 Å². The minimum Gasteiger partial charge on any atom is -0.475 e. The van der Waals surface area contributed by atoms with Gasteiger partial charge in [0, 0.05) is 24.6 Å².